The second kappa shape index (κ2) is 12.2. The Hall–Kier alpha value is -2.74. The highest BCUT2D eigenvalue weighted by Gasteiger charge is 2.32. The van der Waals surface area contributed by atoms with Gasteiger partial charge in [0.2, 0.25) is 0 Å². The molecule has 204 valence electrons. The van der Waals surface area contributed by atoms with E-state index in [9.17, 15) is 10.2 Å². The third-order valence-electron chi connectivity index (χ3n) is 6.35. The van der Waals surface area contributed by atoms with E-state index in [2.05, 4.69) is 99.6 Å². The molecule has 2 aromatic rings. The number of hydrogen-bond donors (Lipinski definition) is 2. The fraction of sp³-hybridized carbons (Fsp3) is 0.486. The summed E-state index contributed by atoms with van der Waals surface area (Å²) in [6.45, 7) is 29.4. The number of phenolic OH excluding ortho intramolecular Hbond substituents is 2. The van der Waals surface area contributed by atoms with Crippen molar-refractivity contribution in [2.24, 2.45) is 0 Å². The Morgan fingerprint density at radius 3 is 1.24 bits per heavy atom. The maximum absolute atomic E-state index is 11.3. The van der Waals surface area contributed by atoms with E-state index in [1.165, 1.54) is 11.1 Å². The van der Waals surface area contributed by atoms with Crippen LogP contribution in [0, 0.1) is 13.8 Å². The number of benzene rings is 2. The minimum atomic E-state index is -0.149. The highest BCUT2D eigenvalue weighted by atomic mass is 16.3. The maximum Gasteiger partial charge on any atom is 0.124 e. The predicted molar refractivity (Wildman–Crippen MR) is 166 cm³/mol. The molecule has 0 amide bonds. The van der Waals surface area contributed by atoms with Gasteiger partial charge in [0.25, 0.3) is 0 Å². The van der Waals surface area contributed by atoms with Crippen molar-refractivity contribution in [1.82, 2.24) is 0 Å². The van der Waals surface area contributed by atoms with Crippen LogP contribution in [0.2, 0.25) is 0 Å². The van der Waals surface area contributed by atoms with E-state index in [4.69, 9.17) is 0 Å². The van der Waals surface area contributed by atoms with E-state index in [-0.39, 0.29) is 16.2 Å². The van der Waals surface area contributed by atoms with Crippen LogP contribution in [0.4, 0.5) is 0 Å². The number of aryl methyl sites for hydroxylation is 2. The van der Waals surface area contributed by atoms with Crippen LogP contribution in [-0.4, -0.2) is 10.2 Å². The average Bonchev–Trinajstić information content (AvgIpc) is 2.71. The molecule has 0 aliphatic carbocycles. The van der Waals surface area contributed by atoms with Crippen LogP contribution < -0.4 is 0 Å². The van der Waals surface area contributed by atoms with Gasteiger partial charge in [-0.25, -0.2) is 0 Å². The van der Waals surface area contributed by atoms with Gasteiger partial charge in [0.1, 0.15) is 11.5 Å². The summed E-state index contributed by atoms with van der Waals surface area (Å²) >= 11 is 0. The average molecular weight is 505 g/mol. The van der Waals surface area contributed by atoms with E-state index >= 15 is 0 Å². The summed E-state index contributed by atoms with van der Waals surface area (Å²) in [5.74, 6) is 0.877. The van der Waals surface area contributed by atoms with Gasteiger partial charge in [-0.15, -0.1) is 0 Å². The number of allylic oxidation sites excluding steroid dienone is 3. The first-order valence-electron chi connectivity index (χ1n) is 13.4. The van der Waals surface area contributed by atoms with Crippen LogP contribution >= 0.6 is 0 Å². The third kappa shape index (κ3) is 7.87. The standard InChI is InChI=1S/C23H34O.C12H18O/c1-10-13-16-17(14-11-2)19(22(4,5)6)21(24)20(23(7,8)9)18(16)15-12-3;1-8-6-9(2)11(13)10(7-8)12(3,4)5/h10-15,24H,1-9H3;6-7,13H,1-5H3/b13-10-,14-11-,15-12-;. The molecule has 0 aromatic heterocycles. The summed E-state index contributed by atoms with van der Waals surface area (Å²) in [7, 11) is 0. The van der Waals surface area contributed by atoms with Crippen molar-refractivity contribution < 1.29 is 10.2 Å². The first-order chi connectivity index (χ1) is 16.8. The molecule has 0 radical (unpaired) electrons. The molecule has 0 spiro atoms. The second-order valence-electron chi connectivity index (χ2n) is 13.1. The first-order valence-corrected chi connectivity index (χ1v) is 13.4. The van der Waals surface area contributed by atoms with Crippen molar-refractivity contribution in [1.29, 1.82) is 0 Å². The van der Waals surface area contributed by atoms with Crippen LogP contribution in [-0.2, 0) is 16.2 Å². The van der Waals surface area contributed by atoms with Crippen molar-refractivity contribution in [3.63, 3.8) is 0 Å². The Morgan fingerprint density at radius 1 is 0.541 bits per heavy atom. The molecule has 0 saturated carbocycles. The zero-order valence-corrected chi connectivity index (χ0v) is 26.0. The molecular formula is C35H52O2. The van der Waals surface area contributed by atoms with Crippen LogP contribution in [0.3, 0.4) is 0 Å². The van der Waals surface area contributed by atoms with Crippen LogP contribution in [0.25, 0.3) is 18.2 Å². The molecule has 0 unspecified atom stereocenters. The Labute approximate surface area is 227 Å². The molecule has 0 fully saturated rings. The van der Waals surface area contributed by atoms with Gasteiger partial charge in [-0.3, -0.25) is 0 Å². The van der Waals surface area contributed by atoms with Crippen molar-refractivity contribution in [2.75, 3.05) is 0 Å². The normalized spacial score (nSPS) is 13.0. The summed E-state index contributed by atoms with van der Waals surface area (Å²) in [6, 6.07) is 4.06. The zero-order valence-electron chi connectivity index (χ0n) is 26.0. The quantitative estimate of drug-likeness (QED) is 0.436. The summed E-state index contributed by atoms with van der Waals surface area (Å²) in [6.07, 6.45) is 12.6. The lowest BCUT2D eigenvalue weighted by molar-refractivity contribution is 0.422. The minimum Gasteiger partial charge on any atom is -0.507 e. The van der Waals surface area contributed by atoms with E-state index in [0.717, 1.165) is 33.4 Å². The summed E-state index contributed by atoms with van der Waals surface area (Å²) < 4.78 is 0. The summed E-state index contributed by atoms with van der Waals surface area (Å²) in [4.78, 5) is 0. The molecule has 37 heavy (non-hydrogen) atoms. The molecule has 0 saturated heterocycles. The van der Waals surface area contributed by atoms with Gasteiger partial charge in [0.15, 0.2) is 0 Å². The van der Waals surface area contributed by atoms with E-state index in [0.29, 0.717) is 11.5 Å². The van der Waals surface area contributed by atoms with Gasteiger partial charge < -0.3 is 10.2 Å². The topological polar surface area (TPSA) is 40.5 Å². The predicted octanol–water partition coefficient (Wildman–Crippen LogP) is 10.4. The lowest BCUT2D eigenvalue weighted by atomic mass is 9.73. The van der Waals surface area contributed by atoms with Crippen LogP contribution in [0.1, 0.15) is 128 Å². The number of phenols is 2. The van der Waals surface area contributed by atoms with Gasteiger partial charge in [0.05, 0.1) is 0 Å². The molecule has 0 atom stereocenters. The fourth-order valence-corrected chi connectivity index (χ4v) is 4.87. The number of rotatable bonds is 3. The highest BCUT2D eigenvalue weighted by molar-refractivity contribution is 5.82. The highest BCUT2D eigenvalue weighted by Crippen LogP contribution is 2.46. The maximum atomic E-state index is 11.3. The fourth-order valence-electron chi connectivity index (χ4n) is 4.87. The monoisotopic (exact) mass is 504 g/mol. The third-order valence-corrected chi connectivity index (χ3v) is 6.35. The van der Waals surface area contributed by atoms with Crippen molar-refractivity contribution in [3.8, 4) is 11.5 Å². The molecule has 2 rings (SSSR count). The largest absolute Gasteiger partial charge is 0.507 e. The van der Waals surface area contributed by atoms with Crippen LogP contribution in [0.5, 0.6) is 11.5 Å². The molecule has 0 aliphatic rings. The van der Waals surface area contributed by atoms with Crippen molar-refractivity contribution in [3.05, 3.63) is 74.9 Å². The lowest BCUT2D eigenvalue weighted by Crippen LogP contribution is -2.21. The lowest BCUT2D eigenvalue weighted by Gasteiger charge is -2.32. The molecule has 0 heterocycles. The van der Waals surface area contributed by atoms with E-state index < -0.39 is 0 Å². The molecule has 2 heteroatoms. The molecular weight excluding hydrogens is 452 g/mol. The Bertz CT molecular complexity index is 1120. The summed E-state index contributed by atoms with van der Waals surface area (Å²) in [5.41, 5.74) is 8.37. The van der Waals surface area contributed by atoms with Gasteiger partial charge in [-0.1, -0.05) is 116 Å². The SMILES string of the molecule is C/C=C\c1c(/C=C\C)c(C(C)(C)C)c(O)c(C(C)(C)C)c1/C=C\C.Cc1cc(C)c(O)c(C(C)(C)C)c1. The van der Waals surface area contributed by atoms with E-state index in [1.807, 2.05) is 45.9 Å². The zero-order chi connectivity index (χ0) is 28.9. The number of hydrogen-bond acceptors (Lipinski definition) is 2. The van der Waals surface area contributed by atoms with Crippen LogP contribution in [0.15, 0.2) is 30.4 Å². The van der Waals surface area contributed by atoms with E-state index in [1.54, 1.807) is 0 Å². The first kappa shape index (κ1) is 32.3. The van der Waals surface area contributed by atoms with Gasteiger partial charge in [-0.2, -0.15) is 0 Å². The molecule has 0 bridgehead atoms. The van der Waals surface area contributed by atoms with Crippen molar-refractivity contribution >= 4 is 18.2 Å². The molecule has 2 N–H and O–H groups in total. The van der Waals surface area contributed by atoms with Gasteiger partial charge in [0, 0.05) is 11.1 Å². The summed E-state index contributed by atoms with van der Waals surface area (Å²) in [5, 5.41) is 21.1. The minimum absolute atomic E-state index is 0.0147. The second-order valence-corrected chi connectivity index (χ2v) is 13.1. The Balaban J connectivity index is 0.000000442. The molecule has 0 aliphatic heterocycles. The smallest absolute Gasteiger partial charge is 0.124 e. The van der Waals surface area contributed by atoms with Gasteiger partial charge in [-0.05, 0) is 78.7 Å². The molecule has 2 aromatic carbocycles. The molecule has 2 nitrogen and oxygen atoms in total. The Kier molecular flexibility index (Phi) is 10.6. The van der Waals surface area contributed by atoms with Crippen molar-refractivity contribution in [2.45, 2.75) is 113 Å². The van der Waals surface area contributed by atoms with Gasteiger partial charge >= 0.3 is 0 Å². The number of aromatic hydroxyl groups is 2. The Morgan fingerprint density at radius 2 is 0.919 bits per heavy atom.